The summed E-state index contributed by atoms with van der Waals surface area (Å²) in [6.07, 6.45) is 1.89. The highest BCUT2D eigenvalue weighted by atomic mass is 17.1. The molecule has 0 fully saturated rings. The lowest BCUT2D eigenvalue weighted by Gasteiger charge is -1.80. The van der Waals surface area contributed by atoms with Crippen LogP contribution in [0.4, 0.5) is 0 Å². The van der Waals surface area contributed by atoms with Gasteiger partial charge in [0.1, 0.15) is 6.61 Å². The summed E-state index contributed by atoms with van der Waals surface area (Å²) in [5.41, 5.74) is 0. The summed E-state index contributed by atoms with van der Waals surface area (Å²) in [5, 5.41) is 15.5. The predicted octanol–water partition coefficient (Wildman–Crippen LogP) is 0.279. The number of rotatable bonds is 3. The minimum Gasteiger partial charge on any atom is -0.478 e. The van der Waals surface area contributed by atoms with Crippen LogP contribution in [0.1, 0.15) is 0 Å². The number of hydrogen-bond donors (Lipinski definition) is 2. The first-order chi connectivity index (χ1) is 3.77. The fourth-order valence-electron chi connectivity index (χ4n) is 0.157. The molecule has 0 aromatic heterocycles. The van der Waals surface area contributed by atoms with Gasteiger partial charge in [-0.05, 0) is 6.08 Å². The van der Waals surface area contributed by atoms with E-state index in [2.05, 4.69) is 4.89 Å². The van der Waals surface area contributed by atoms with Crippen molar-refractivity contribution in [3.05, 3.63) is 18.8 Å². The first-order valence-corrected chi connectivity index (χ1v) is 1.80. The Hall–Kier alpha value is -0.870. The molecule has 0 rings (SSSR count). The summed E-state index contributed by atoms with van der Waals surface area (Å²) in [5.74, 6) is -1.08. The summed E-state index contributed by atoms with van der Waals surface area (Å²) >= 11 is 0. The summed E-state index contributed by atoms with van der Waals surface area (Å²) in [4.78, 5) is 13.0. The Labute approximate surface area is 45.9 Å². The lowest BCUT2D eigenvalue weighted by Crippen LogP contribution is -1.86. The van der Waals surface area contributed by atoms with Gasteiger partial charge in [-0.3, -0.25) is 5.26 Å². The molecule has 45 valence electrons. The van der Waals surface area contributed by atoms with Crippen LogP contribution in [0, 0.1) is 6.61 Å². The van der Waals surface area contributed by atoms with Gasteiger partial charge in [-0.15, -0.1) is 0 Å². The summed E-state index contributed by atoms with van der Waals surface area (Å²) in [6, 6.07) is 0. The highest BCUT2D eigenvalue weighted by Crippen LogP contribution is 1.78. The Morgan fingerprint density at radius 1 is 1.62 bits per heavy atom. The van der Waals surface area contributed by atoms with Crippen LogP contribution >= 0.6 is 0 Å². The third-order valence-electron chi connectivity index (χ3n) is 0.378. The van der Waals surface area contributed by atoms with Gasteiger partial charge >= 0.3 is 5.97 Å². The molecule has 0 aromatic rings. The highest BCUT2D eigenvalue weighted by molar-refractivity contribution is 5.79. The van der Waals surface area contributed by atoms with Gasteiger partial charge in [0.25, 0.3) is 0 Å². The van der Waals surface area contributed by atoms with Gasteiger partial charge in [-0.25, -0.2) is 9.68 Å². The maximum absolute atomic E-state index is 9.63. The summed E-state index contributed by atoms with van der Waals surface area (Å²) < 4.78 is 0. The third kappa shape index (κ3) is 5.13. The minimum atomic E-state index is -1.08. The number of carbonyl (C=O) groups is 1. The second-order valence-corrected chi connectivity index (χ2v) is 0.939. The topological polar surface area (TPSA) is 66.8 Å². The molecule has 0 aliphatic rings. The normalized spacial score (nSPS) is 10.1. The Bertz CT molecular complexity index is 96.2. The largest absolute Gasteiger partial charge is 0.478 e. The van der Waals surface area contributed by atoms with Crippen LogP contribution in [-0.2, 0) is 9.68 Å². The smallest absolute Gasteiger partial charge is 0.328 e. The monoisotopic (exact) mass is 117 g/mol. The fraction of sp³-hybridized carbons (Fsp3) is 0. The molecule has 0 amide bonds. The van der Waals surface area contributed by atoms with Gasteiger partial charge in [0, 0.05) is 6.08 Å². The SMILES string of the molecule is O=C(O)/C=C/[CH]OO. The van der Waals surface area contributed by atoms with Crippen molar-refractivity contribution in [1.29, 1.82) is 0 Å². The molecule has 0 bridgehead atoms. The maximum atomic E-state index is 9.63. The van der Waals surface area contributed by atoms with Crippen LogP contribution in [0.5, 0.6) is 0 Å². The van der Waals surface area contributed by atoms with E-state index in [-0.39, 0.29) is 0 Å². The van der Waals surface area contributed by atoms with Crippen molar-refractivity contribution in [3.63, 3.8) is 0 Å². The lowest BCUT2D eigenvalue weighted by molar-refractivity contribution is -0.204. The second-order valence-electron chi connectivity index (χ2n) is 0.939. The Morgan fingerprint density at radius 2 is 2.25 bits per heavy atom. The summed E-state index contributed by atoms with van der Waals surface area (Å²) in [6.45, 7) is 0.841. The minimum absolute atomic E-state index is 0.830. The van der Waals surface area contributed by atoms with Gasteiger partial charge in [0.2, 0.25) is 0 Å². The molecule has 8 heavy (non-hydrogen) atoms. The molecule has 0 saturated heterocycles. The van der Waals surface area contributed by atoms with Crippen LogP contribution in [0.2, 0.25) is 0 Å². The van der Waals surface area contributed by atoms with Crippen LogP contribution in [0.15, 0.2) is 12.2 Å². The van der Waals surface area contributed by atoms with E-state index in [4.69, 9.17) is 10.4 Å². The van der Waals surface area contributed by atoms with Crippen molar-refractivity contribution in [2.24, 2.45) is 0 Å². The standard InChI is InChI=1S/C4H5O4/c5-4(6)2-1-3-8-7/h1-3,7H,(H,5,6)/b2-1+. The van der Waals surface area contributed by atoms with Crippen molar-refractivity contribution >= 4 is 5.97 Å². The van der Waals surface area contributed by atoms with E-state index in [9.17, 15) is 4.79 Å². The molecule has 4 nitrogen and oxygen atoms in total. The third-order valence-corrected chi connectivity index (χ3v) is 0.378. The maximum Gasteiger partial charge on any atom is 0.328 e. The first kappa shape index (κ1) is 7.13. The molecule has 0 heterocycles. The Balaban J connectivity index is 3.20. The molecule has 2 N–H and O–H groups in total. The molecule has 0 saturated carbocycles. The Kier molecular flexibility index (Phi) is 3.83. The molecule has 0 unspecified atom stereocenters. The average molecular weight is 117 g/mol. The Morgan fingerprint density at radius 3 is 2.62 bits per heavy atom. The van der Waals surface area contributed by atoms with Crippen LogP contribution < -0.4 is 0 Å². The second kappa shape index (κ2) is 4.29. The van der Waals surface area contributed by atoms with Crippen LogP contribution in [-0.4, -0.2) is 16.3 Å². The molecule has 1 radical (unpaired) electrons. The van der Waals surface area contributed by atoms with E-state index < -0.39 is 5.97 Å². The molecular formula is C4H5O4. The lowest BCUT2D eigenvalue weighted by atomic mass is 10.5. The first-order valence-electron chi connectivity index (χ1n) is 1.80. The van der Waals surface area contributed by atoms with Gasteiger partial charge in [-0.1, -0.05) is 0 Å². The van der Waals surface area contributed by atoms with E-state index >= 15 is 0 Å². The van der Waals surface area contributed by atoms with Crippen molar-refractivity contribution in [2.75, 3.05) is 0 Å². The number of carboxylic acids is 1. The fourth-order valence-corrected chi connectivity index (χ4v) is 0.157. The number of hydrogen-bond acceptors (Lipinski definition) is 3. The molecular weight excluding hydrogens is 112 g/mol. The van der Waals surface area contributed by atoms with Crippen LogP contribution in [0.25, 0.3) is 0 Å². The average Bonchev–Trinajstić information content (AvgIpc) is 1.66. The zero-order chi connectivity index (χ0) is 6.41. The zero-order valence-corrected chi connectivity index (χ0v) is 3.94. The van der Waals surface area contributed by atoms with Crippen LogP contribution in [0.3, 0.4) is 0 Å². The quantitative estimate of drug-likeness (QED) is 0.316. The van der Waals surface area contributed by atoms with E-state index in [1.165, 1.54) is 0 Å². The molecule has 0 aliphatic carbocycles. The molecule has 0 aliphatic heterocycles. The predicted molar refractivity (Wildman–Crippen MR) is 24.8 cm³/mol. The van der Waals surface area contributed by atoms with Crippen molar-refractivity contribution in [3.8, 4) is 0 Å². The summed E-state index contributed by atoms with van der Waals surface area (Å²) in [7, 11) is 0. The van der Waals surface area contributed by atoms with E-state index in [0.29, 0.717) is 0 Å². The van der Waals surface area contributed by atoms with Gasteiger partial charge < -0.3 is 5.11 Å². The highest BCUT2D eigenvalue weighted by Gasteiger charge is 1.82. The van der Waals surface area contributed by atoms with Gasteiger partial charge in [0.05, 0.1) is 0 Å². The van der Waals surface area contributed by atoms with E-state index in [1.54, 1.807) is 0 Å². The van der Waals surface area contributed by atoms with Gasteiger partial charge in [0.15, 0.2) is 0 Å². The van der Waals surface area contributed by atoms with E-state index in [0.717, 1.165) is 18.8 Å². The number of aliphatic carboxylic acids is 1. The molecule has 0 spiro atoms. The van der Waals surface area contributed by atoms with Crippen molar-refractivity contribution in [1.82, 2.24) is 0 Å². The van der Waals surface area contributed by atoms with Crippen molar-refractivity contribution < 1.29 is 20.0 Å². The molecule has 4 heteroatoms. The molecule has 0 aromatic carbocycles. The van der Waals surface area contributed by atoms with Crippen molar-refractivity contribution in [2.45, 2.75) is 0 Å². The molecule has 0 atom stereocenters. The number of carboxylic acid groups (broad SMARTS) is 1. The van der Waals surface area contributed by atoms with E-state index in [1.807, 2.05) is 0 Å². The zero-order valence-electron chi connectivity index (χ0n) is 3.94. The van der Waals surface area contributed by atoms with Gasteiger partial charge in [-0.2, -0.15) is 0 Å².